The van der Waals surface area contributed by atoms with Crippen LogP contribution in [0.2, 0.25) is 0 Å². The van der Waals surface area contributed by atoms with Gasteiger partial charge in [-0.05, 0) is 44.0 Å². The van der Waals surface area contributed by atoms with Gasteiger partial charge in [-0.15, -0.1) is 0 Å². The van der Waals surface area contributed by atoms with Crippen molar-refractivity contribution in [2.75, 3.05) is 26.2 Å². The molecule has 1 fully saturated rings. The number of fused-ring (bicyclic) bond motifs is 1. The highest BCUT2D eigenvalue weighted by Gasteiger charge is 2.22. The smallest absolute Gasteiger partial charge is 0.191 e. The first-order valence-electron chi connectivity index (χ1n) is 9.51. The van der Waals surface area contributed by atoms with E-state index in [9.17, 15) is 0 Å². The van der Waals surface area contributed by atoms with Crippen LogP contribution < -0.4 is 5.73 Å². The van der Waals surface area contributed by atoms with Crippen LogP contribution in [0.3, 0.4) is 0 Å². The number of nitrogens with zero attached hydrogens (tertiary/aromatic N) is 4. The van der Waals surface area contributed by atoms with Gasteiger partial charge in [0.25, 0.3) is 0 Å². The molecular weight excluding hydrogens is 326 g/mol. The first kappa shape index (κ1) is 17.2. The number of benzene rings is 1. The Balaban J connectivity index is 1.55. The van der Waals surface area contributed by atoms with Crippen LogP contribution in [0.4, 0.5) is 0 Å². The van der Waals surface area contributed by atoms with Crippen LogP contribution in [-0.4, -0.2) is 45.6 Å². The van der Waals surface area contributed by atoms with Crippen LogP contribution in [0.25, 0.3) is 11.0 Å². The lowest BCUT2D eigenvalue weighted by molar-refractivity contribution is 0.186. The lowest BCUT2D eigenvalue weighted by Gasteiger charge is -2.31. The Morgan fingerprint density at radius 2 is 2.04 bits per heavy atom. The molecule has 0 spiro atoms. The van der Waals surface area contributed by atoms with Gasteiger partial charge < -0.3 is 19.6 Å². The molecule has 4 rings (SSSR count). The second-order valence-corrected chi connectivity index (χ2v) is 7.23. The van der Waals surface area contributed by atoms with E-state index in [1.54, 1.807) is 0 Å². The van der Waals surface area contributed by atoms with Crippen molar-refractivity contribution in [2.45, 2.75) is 32.7 Å². The fourth-order valence-electron chi connectivity index (χ4n) is 3.95. The molecule has 138 valence electrons. The zero-order valence-electron chi connectivity index (χ0n) is 15.4. The van der Waals surface area contributed by atoms with Gasteiger partial charge in [-0.25, -0.2) is 9.97 Å². The van der Waals surface area contributed by atoms with Crippen LogP contribution in [0.5, 0.6) is 0 Å². The molecule has 3 aromatic rings. The normalized spacial score (nSPS) is 16.5. The third kappa shape index (κ3) is 3.66. The Morgan fingerprint density at radius 3 is 2.77 bits per heavy atom. The number of piperidine rings is 1. The highest BCUT2D eigenvalue weighted by atomic mass is 16.4. The third-order valence-corrected chi connectivity index (χ3v) is 5.34. The number of rotatable bonds is 6. The highest BCUT2D eigenvalue weighted by Crippen LogP contribution is 2.25. The largest absolute Gasteiger partial charge is 0.444 e. The van der Waals surface area contributed by atoms with E-state index in [0.29, 0.717) is 18.4 Å². The zero-order chi connectivity index (χ0) is 17.9. The molecule has 26 heavy (non-hydrogen) atoms. The van der Waals surface area contributed by atoms with Crippen molar-refractivity contribution in [1.82, 2.24) is 19.4 Å². The van der Waals surface area contributed by atoms with Gasteiger partial charge in [-0.1, -0.05) is 12.1 Å². The topological polar surface area (TPSA) is 73.1 Å². The van der Waals surface area contributed by atoms with Crippen molar-refractivity contribution in [3.05, 3.63) is 47.9 Å². The summed E-state index contributed by atoms with van der Waals surface area (Å²) < 4.78 is 8.01. The molecule has 0 aliphatic carbocycles. The van der Waals surface area contributed by atoms with Crippen molar-refractivity contribution < 1.29 is 4.42 Å². The van der Waals surface area contributed by atoms with E-state index in [1.807, 2.05) is 19.2 Å². The molecule has 0 radical (unpaired) electrons. The molecule has 0 amide bonds. The lowest BCUT2D eigenvalue weighted by Crippen LogP contribution is -2.37. The van der Waals surface area contributed by atoms with Crippen LogP contribution in [0, 0.1) is 12.8 Å². The van der Waals surface area contributed by atoms with E-state index in [2.05, 4.69) is 32.7 Å². The molecule has 0 atom stereocenters. The van der Waals surface area contributed by atoms with E-state index in [4.69, 9.17) is 15.1 Å². The maximum Gasteiger partial charge on any atom is 0.191 e. The summed E-state index contributed by atoms with van der Waals surface area (Å²) >= 11 is 0. The highest BCUT2D eigenvalue weighted by molar-refractivity contribution is 5.76. The predicted octanol–water partition coefficient (Wildman–Crippen LogP) is 2.59. The molecule has 1 aliphatic rings. The summed E-state index contributed by atoms with van der Waals surface area (Å²) in [5, 5.41) is 0. The van der Waals surface area contributed by atoms with Gasteiger partial charge in [0.2, 0.25) is 0 Å². The number of hydrogen-bond acceptors (Lipinski definition) is 5. The second kappa shape index (κ2) is 7.60. The minimum Gasteiger partial charge on any atom is -0.444 e. The van der Waals surface area contributed by atoms with Crippen LogP contribution in [0.15, 0.2) is 34.9 Å². The van der Waals surface area contributed by atoms with Gasteiger partial charge in [0, 0.05) is 26.4 Å². The standard InChI is InChI=1S/C20H27N5O/c1-15-22-13-17(26-15)14-25-19-5-3-2-4-18(19)23-20(25)12-16-6-9-24(10-7-16)11-8-21/h2-5,13,16H,6-12,14,21H2,1H3. The summed E-state index contributed by atoms with van der Waals surface area (Å²) in [6, 6.07) is 8.35. The molecule has 1 saturated heterocycles. The van der Waals surface area contributed by atoms with Crippen LogP contribution in [0.1, 0.15) is 30.3 Å². The van der Waals surface area contributed by atoms with E-state index in [1.165, 1.54) is 12.8 Å². The van der Waals surface area contributed by atoms with Crippen LogP contribution in [-0.2, 0) is 13.0 Å². The van der Waals surface area contributed by atoms with E-state index < -0.39 is 0 Å². The van der Waals surface area contributed by atoms with Crippen LogP contribution >= 0.6 is 0 Å². The average molecular weight is 353 g/mol. The summed E-state index contributed by atoms with van der Waals surface area (Å²) in [6.45, 7) is 6.61. The molecule has 0 saturated carbocycles. The SMILES string of the molecule is Cc1ncc(Cn2c(CC3CCN(CCN)CC3)nc3ccccc32)o1. The Morgan fingerprint density at radius 1 is 1.23 bits per heavy atom. The summed E-state index contributed by atoms with van der Waals surface area (Å²) in [5.41, 5.74) is 7.91. The van der Waals surface area contributed by atoms with Crippen molar-refractivity contribution in [3.8, 4) is 0 Å². The number of hydrogen-bond donors (Lipinski definition) is 1. The van der Waals surface area contributed by atoms with E-state index >= 15 is 0 Å². The van der Waals surface area contributed by atoms with Crippen molar-refractivity contribution >= 4 is 11.0 Å². The molecule has 1 aliphatic heterocycles. The number of para-hydroxylation sites is 2. The number of imidazole rings is 1. The van der Waals surface area contributed by atoms with Gasteiger partial charge in [0.1, 0.15) is 11.6 Å². The van der Waals surface area contributed by atoms with Gasteiger partial charge in [-0.3, -0.25) is 0 Å². The van der Waals surface area contributed by atoms with Crippen molar-refractivity contribution in [2.24, 2.45) is 11.7 Å². The fourth-order valence-corrected chi connectivity index (χ4v) is 3.95. The molecular formula is C20H27N5O. The first-order valence-corrected chi connectivity index (χ1v) is 9.51. The molecule has 3 heterocycles. The Kier molecular flexibility index (Phi) is 5.04. The molecule has 2 N–H and O–H groups in total. The maximum absolute atomic E-state index is 5.71. The Bertz CT molecular complexity index is 860. The molecule has 6 heteroatoms. The Hall–Kier alpha value is -2.18. The summed E-state index contributed by atoms with van der Waals surface area (Å²) in [4.78, 5) is 11.6. The maximum atomic E-state index is 5.71. The zero-order valence-corrected chi connectivity index (χ0v) is 15.4. The van der Waals surface area contributed by atoms with Gasteiger partial charge >= 0.3 is 0 Å². The average Bonchev–Trinajstić information content (AvgIpc) is 3.21. The third-order valence-electron chi connectivity index (χ3n) is 5.34. The number of aromatic nitrogens is 3. The molecule has 2 aromatic heterocycles. The van der Waals surface area contributed by atoms with Crippen molar-refractivity contribution in [1.29, 1.82) is 0 Å². The lowest BCUT2D eigenvalue weighted by atomic mass is 9.93. The molecule has 6 nitrogen and oxygen atoms in total. The van der Waals surface area contributed by atoms with E-state index in [-0.39, 0.29) is 0 Å². The molecule has 0 bridgehead atoms. The Labute approximate surface area is 154 Å². The van der Waals surface area contributed by atoms with Gasteiger partial charge in [0.05, 0.1) is 23.8 Å². The molecule has 0 unspecified atom stereocenters. The van der Waals surface area contributed by atoms with E-state index in [0.717, 1.165) is 55.2 Å². The number of oxazole rings is 1. The second-order valence-electron chi connectivity index (χ2n) is 7.23. The first-order chi connectivity index (χ1) is 12.7. The summed E-state index contributed by atoms with van der Waals surface area (Å²) in [5.74, 6) is 3.41. The fraction of sp³-hybridized carbons (Fsp3) is 0.500. The van der Waals surface area contributed by atoms with Gasteiger partial charge in [0.15, 0.2) is 5.89 Å². The number of likely N-dealkylation sites (tertiary alicyclic amines) is 1. The summed E-state index contributed by atoms with van der Waals surface area (Å²) in [6.07, 6.45) is 5.26. The monoisotopic (exact) mass is 353 g/mol. The number of nitrogens with two attached hydrogens (primary N) is 1. The quantitative estimate of drug-likeness (QED) is 0.737. The minimum atomic E-state index is 0.677. The minimum absolute atomic E-state index is 0.677. The number of aryl methyl sites for hydroxylation is 1. The van der Waals surface area contributed by atoms with Crippen molar-refractivity contribution in [3.63, 3.8) is 0 Å². The van der Waals surface area contributed by atoms with Gasteiger partial charge in [-0.2, -0.15) is 0 Å². The predicted molar refractivity (Wildman–Crippen MR) is 102 cm³/mol. The summed E-state index contributed by atoms with van der Waals surface area (Å²) in [7, 11) is 0. The molecule has 1 aromatic carbocycles.